The first kappa shape index (κ1) is 17.5. The Morgan fingerprint density at radius 2 is 1.89 bits per heavy atom. The number of fused-ring (bicyclic) bond motifs is 1. The second kappa shape index (κ2) is 7.00. The lowest BCUT2D eigenvalue weighted by molar-refractivity contribution is 0.102. The smallest absolute Gasteiger partial charge is 0.261 e. The Hall–Kier alpha value is -2.93. The Kier molecular flexibility index (Phi) is 4.53. The van der Waals surface area contributed by atoms with Crippen molar-refractivity contribution < 1.29 is 4.79 Å². The normalized spacial score (nSPS) is 11.1. The number of rotatable bonds is 4. The number of benzene rings is 2. The molecule has 0 saturated heterocycles. The van der Waals surface area contributed by atoms with Crippen molar-refractivity contribution in [3.63, 3.8) is 0 Å². The van der Waals surface area contributed by atoms with E-state index in [4.69, 9.17) is 0 Å². The van der Waals surface area contributed by atoms with Crippen LogP contribution in [0.25, 0.3) is 16.7 Å². The van der Waals surface area contributed by atoms with E-state index in [9.17, 15) is 4.79 Å². The molecule has 4 rings (SSSR count). The van der Waals surface area contributed by atoms with Gasteiger partial charge < -0.3 is 4.57 Å². The van der Waals surface area contributed by atoms with Gasteiger partial charge in [0.2, 0.25) is 5.95 Å². The van der Waals surface area contributed by atoms with Crippen LogP contribution in [0.1, 0.15) is 23.0 Å². The van der Waals surface area contributed by atoms with Crippen molar-refractivity contribution in [1.82, 2.24) is 19.3 Å². The Bertz CT molecular complexity index is 1130. The van der Waals surface area contributed by atoms with Crippen LogP contribution in [0.3, 0.4) is 0 Å². The highest BCUT2D eigenvalue weighted by molar-refractivity contribution is 9.10. The Morgan fingerprint density at radius 1 is 1.15 bits per heavy atom. The molecule has 7 heteroatoms. The molecular weight excluding hydrogens is 406 g/mol. The molecule has 0 radical (unpaired) electrons. The zero-order chi connectivity index (χ0) is 19.0. The van der Waals surface area contributed by atoms with Crippen LogP contribution in [0.15, 0.2) is 59.2 Å². The van der Waals surface area contributed by atoms with Crippen LogP contribution < -0.4 is 5.32 Å². The van der Waals surface area contributed by atoms with Crippen LogP contribution in [0.4, 0.5) is 5.95 Å². The van der Waals surface area contributed by atoms with E-state index < -0.39 is 0 Å². The number of imidazole rings is 1. The molecule has 6 nitrogen and oxygen atoms in total. The summed E-state index contributed by atoms with van der Waals surface area (Å²) in [4.78, 5) is 17.4. The molecule has 1 amide bonds. The summed E-state index contributed by atoms with van der Waals surface area (Å²) in [5.74, 6) is 0.320. The van der Waals surface area contributed by atoms with Crippen LogP contribution in [-0.2, 0) is 6.54 Å². The topological polar surface area (TPSA) is 64.7 Å². The van der Waals surface area contributed by atoms with Crippen molar-refractivity contribution in [2.75, 3.05) is 5.32 Å². The third-order valence-corrected chi connectivity index (χ3v) is 5.05. The Labute approximate surface area is 165 Å². The minimum absolute atomic E-state index is 0.221. The predicted octanol–water partition coefficient (Wildman–Crippen LogP) is 4.57. The van der Waals surface area contributed by atoms with Crippen molar-refractivity contribution in [1.29, 1.82) is 0 Å². The maximum absolute atomic E-state index is 12.9. The summed E-state index contributed by atoms with van der Waals surface area (Å²) in [6.45, 7) is 4.63. The van der Waals surface area contributed by atoms with Crippen LogP contribution in [-0.4, -0.2) is 25.2 Å². The third-order valence-electron chi connectivity index (χ3n) is 4.52. The van der Waals surface area contributed by atoms with Gasteiger partial charge in [-0.25, -0.2) is 9.67 Å². The summed E-state index contributed by atoms with van der Waals surface area (Å²) in [7, 11) is 0. The lowest BCUT2D eigenvalue weighted by Gasteiger charge is -2.08. The van der Waals surface area contributed by atoms with Gasteiger partial charge in [0, 0.05) is 11.0 Å². The summed E-state index contributed by atoms with van der Waals surface area (Å²) < 4.78 is 4.73. The number of carbonyl (C=O) groups is 1. The van der Waals surface area contributed by atoms with Gasteiger partial charge in [-0.2, -0.15) is 5.10 Å². The number of aryl methyl sites for hydroxylation is 1. The summed E-state index contributed by atoms with van der Waals surface area (Å²) in [5.41, 5.74) is 4.05. The minimum atomic E-state index is -0.221. The number of anilines is 1. The number of nitrogens with one attached hydrogen (secondary N) is 1. The summed E-state index contributed by atoms with van der Waals surface area (Å²) in [5, 5.41) is 7.31. The first-order valence-electron chi connectivity index (χ1n) is 8.65. The quantitative estimate of drug-likeness (QED) is 0.522. The van der Waals surface area contributed by atoms with E-state index in [1.165, 1.54) is 0 Å². The number of para-hydroxylation sites is 2. The molecule has 2 aromatic heterocycles. The van der Waals surface area contributed by atoms with Gasteiger partial charge in [-0.1, -0.05) is 28.1 Å². The minimum Gasteiger partial charge on any atom is -0.310 e. The first-order valence-corrected chi connectivity index (χ1v) is 9.45. The van der Waals surface area contributed by atoms with Gasteiger partial charge in [-0.3, -0.25) is 10.1 Å². The molecule has 0 bridgehead atoms. The molecule has 0 unspecified atom stereocenters. The van der Waals surface area contributed by atoms with E-state index in [-0.39, 0.29) is 5.91 Å². The average molecular weight is 424 g/mol. The van der Waals surface area contributed by atoms with Crippen molar-refractivity contribution in [3.8, 4) is 5.69 Å². The molecule has 0 saturated carbocycles. The number of nitrogens with zero attached hydrogens (tertiary/aromatic N) is 4. The fourth-order valence-electron chi connectivity index (χ4n) is 3.14. The first-order chi connectivity index (χ1) is 13.1. The lowest BCUT2D eigenvalue weighted by Crippen LogP contribution is -2.16. The molecule has 136 valence electrons. The standard InChI is InChI=1S/C20H18BrN5O/c1-3-25-18-7-5-4-6-17(18)23-20(25)24-19(27)16-12-22-26(13(16)2)15-10-8-14(21)9-11-15/h4-12H,3H2,1-2H3,(H,23,24,27). The van der Waals surface area contributed by atoms with Gasteiger partial charge in [0.1, 0.15) is 0 Å². The maximum atomic E-state index is 12.9. The molecule has 27 heavy (non-hydrogen) atoms. The van der Waals surface area contributed by atoms with Gasteiger partial charge in [-0.15, -0.1) is 0 Å². The molecule has 4 aromatic rings. The number of carbonyl (C=O) groups excluding carboxylic acids is 1. The number of halogens is 1. The van der Waals surface area contributed by atoms with Gasteiger partial charge >= 0.3 is 0 Å². The molecule has 0 aliphatic carbocycles. The molecule has 0 aliphatic rings. The fourth-order valence-corrected chi connectivity index (χ4v) is 3.40. The summed E-state index contributed by atoms with van der Waals surface area (Å²) in [6, 6.07) is 15.6. The number of amides is 1. The maximum Gasteiger partial charge on any atom is 0.261 e. The summed E-state index contributed by atoms with van der Waals surface area (Å²) in [6.07, 6.45) is 1.59. The third kappa shape index (κ3) is 3.14. The number of hydrogen-bond donors (Lipinski definition) is 1. The second-order valence-corrected chi connectivity index (χ2v) is 7.07. The molecule has 2 aromatic carbocycles. The highest BCUT2D eigenvalue weighted by atomic mass is 79.9. The molecule has 2 heterocycles. The van der Waals surface area contributed by atoms with Crippen LogP contribution in [0, 0.1) is 6.92 Å². The molecule has 0 atom stereocenters. The average Bonchev–Trinajstić information content (AvgIpc) is 3.22. The van der Waals surface area contributed by atoms with Gasteiger partial charge in [0.15, 0.2) is 0 Å². The summed E-state index contributed by atoms with van der Waals surface area (Å²) >= 11 is 3.43. The zero-order valence-corrected chi connectivity index (χ0v) is 16.6. The monoisotopic (exact) mass is 423 g/mol. The molecule has 0 fully saturated rings. The van der Waals surface area contributed by atoms with Crippen LogP contribution in [0.2, 0.25) is 0 Å². The Balaban J connectivity index is 1.65. The zero-order valence-electron chi connectivity index (χ0n) is 15.0. The highest BCUT2D eigenvalue weighted by Gasteiger charge is 2.18. The van der Waals surface area contributed by atoms with Crippen LogP contribution in [0.5, 0.6) is 0 Å². The van der Waals surface area contributed by atoms with Crippen LogP contribution >= 0.6 is 15.9 Å². The molecule has 1 N–H and O–H groups in total. The SMILES string of the molecule is CCn1c(NC(=O)c2cnn(-c3ccc(Br)cc3)c2C)nc2ccccc21. The van der Waals surface area contributed by atoms with Gasteiger partial charge in [0.05, 0.1) is 34.2 Å². The largest absolute Gasteiger partial charge is 0.310 e. The van der Waals surface area contributed by atoms with E-state index in [1.807, 2.05) is 66.9 Å². The van der Waals surface area contributed by atoms with E-state index >= 15 is 0 Å². The molecular formula is C20H18BrN5O. The van der Waals surface area contributed by atoms with Gasteiger partial charge in [-0.05, 0) is 50.2 Å². The van der Waals surface area contributed by atoms with E-state index in [0.29, 0.717) is 18.1 Å². The van der Waals surface area contributed by atoms with Crippen molar-refractivity contribution >= 4 is 38.8 Å². The Morgan fingerprint density at radius 3 is 2.63 bits per heavy atom. The van der Waals surface area contributed by atoms with E-state index in [1.54, 1.807) is 10.9 Å². The number of hydrogen-bond acceptors (Lipinski definition) is 3. The molecule has 0 spiro atoms. The fraction of sp³-hybridized carbons (Fsp3) is 0.150. The van der Waals surface area contributed by atoms with E-state index in [2.05, 4.69) is 31.3 Å². The predicted molar refractivity (Wildman–Crippen MR) is 109 cm³/mol. The lowest BCUT2D eigenvalue weighted by atomic mass is 10.2. The van der Waals surface area contributed by atoms with E-state index in [0.717, 1.165) is 26.9 Å². The van der Waals surface area contributed by atoms with Crippen molar-refractivity contribution in [3.05, 3.63) is 70.5 Å². The van der Waals surface area contributed by atoms with Crippen molar-refractivity contribution in [2.45, 2.75) is 20.4 Å². The number of aromatic nitrogens is 4. The van der Waals surface area contributed by atoms with Gasteiger partial charge in [0.25, 0.3) is 5.91 Å². The molecule has 0 aliphatic heterocycles. The second-order valence-electron chi connectivity index (χ2n) is 6.15. The van der Waals surface area contributed by atoms with Crippen molar-refractivity contribution in [2.24, 2.45) is 0 Å². The highest BCUT2D eigenvalue weighted by Crippen LogP contribution is 2.21.